The Balaban J connectivity index is 1.69. The highest BCUT2D eigenvalue weighted by molar-refractivity contribution is 6.01. The number of benzene rings is 1. The van der Waals surface area contributed by atoms with Crippen LogP contribution in [0, 0.1) is 5.82 Å². The molecule has 0 bridgehead atoms. The van der Waals surface area contributed by atoms with E-state index in [1.54, 1.807) is 18.7 Å². The van der Waals surface area contributed by atoms with Gasteiger partial charge in [0.1, 0.15) is 5.82 Å². The molecule has 0 aliphatic carbocycles. The second-order valence-corrected chi connectivity index (χ2v) is 5.13. The van der Waals surface area contributed by atoms with Crippen molar-refractivity contribution in [2.75, 3.05) is 11.9 Å². The summed E-state index contributed by atoms with van der Waals surface area (Å²) in [6.07, 6.45) is 5.13. The van der Waals surface area contributed by atoms with Gasteiger partial charge in [-0.2, -0.15) is 0 Å². The van der Waals surface area contributed by atoms with Crippen LogP contribution in [0.2, 0.25) is 0 Å². The number of carbonyl (C=O) groups excluding carboxylic acids is 2. The molecule has 2 aromatic rings. The lowest BCUT2D eigenvalue weighted by atomic mass is 9.89. The van der Waals surface area contributed by atoms with Crippen molar-refractivity contribution in [2.45, 2.75) is 18.9 Å². The van der Waals surface area contributed by atoms with Crippen LogP contribution in [0.25, 0.3) is 0 Å². The lowest BCUT2D eigenvalue weighted by Gasteiger charge is -2.24. The van der Waals surface area contributed by atoms with Gasteiger partial charge < -0.3 is 15.2 Å². The minimum absolute atomic E-state index is 0.0212. The molecule has 1 aliphatic heterocycles. The first-order valence-corrected chi connectivity index (χ1v) is 6.96. The SMILES string of the molecule is O=C1CC(C(=O)NCCn2ccnc2)c2cc(F)ccc2N1. The van der Waals surface area contributed by atoms with E-state index < -0.39 is 11.7 Å². The van der Waals surface area contributed by atoms with E-state index in [1.165, 1.54) is 18.2 Å². The maximum absolute atomic E-state index is 13.4. The van der Waals surface area contributed by atoms with Crippen LogP contribution in [0.1, 0.15) is 17.9 Å². The van der Waals surface area contributed by atoms with Gasteiger partial charge in [-0.1, -0.05) is 0 Å². The number of imidazole rings is 1. The molecule has 114 valence electrons. The number of carbonyl (C=O) groups is 2. The van der Waals surface area contributed by atoms with Crippen LogP contribution in [0.4, 0.5) is 10.1 Å². The Morgan fingerprint density at radius 2 is 2.36 bits per heavy atom. The van der Waals surface area contributed by atoms with Crippen LogP contribution in [-0.2, 0) is 16.1 Å². The first-order valence-electron chi connectivity index (χ1n) is 6.96. The fourth-order valence-electron chi connectivity index (χ4n) is 2.52. The summed E-state index contributed by atoms with van der Waals surface area (Å²) in [4.78, 5) is 27.9. The smallest absolute Gasteiger partial charge is 0.228 e. The standard InChI is InChI=1S/C15H15FN4O2/c16-10-1-2-13-11(7-10)12(8-14(21)19-13)15(22)18-4-6-20-5-3-17-9-20/h1-3,5,7,9,12H,4,6,8H2,(H,18,22)(H,19,21). The number of aromatic nitrogens is 2. The zero-order valence-corrected chi connectivity index (χ0v) is 11.8. The number of rotatable bonds is 4. The quantitative estimate of drug-likeness (QED) is 0.893. The Labute approximate surface area is 126 Å². The molecule has 1 atom stereocenters. The van der Waals surface area contributed by atoms with Crippen LogP contribution < -0.4 is 10.6 Å². The lowest BCUT2D eigenvalue weighted by molar-refractivity contribution is -0.126. The first kappa shape index (κ1) is 14.2. The lowest BCUT2D eigenvalue weighted by Crippen LogP contribution is -2.36. The van der Waals surface area contributed by atoms with E-state index in [0.29, 0.717) is 24.3 Å². The van der Waals surface area contributed by atoms with Crippen molar-refractivity contribution >= 4 is 17.5 Å². The summed E-state index contributed by atoms with van der Waals surface area (Å²) in [6, 6.07) is 4.04. The highest BCUT2D eigenvalue weighted by Crippen LogP contribution is 2.32. The molecule has 22 heavy (non-hydrogen) atoms. The van der Waals surface area contributed by atoms with E-state index in [-0.39, 0.29) is 18.2 Å². The van der Waals surface area contributed by atoms with Crippen molar-refractivity contribution in [1.29, 1.82) is 0 Å². The molecule has 1 aliphatic rings. The third-order valence-corrected chi connectivity index (χ3v) is 3.60. The van der Waals surface area contributed by atoms with Crippen molar-refractivity contribution in [3.8, 4) is 0 Å². The van der Waals surface area contributed by atoms with E-state index in [2.05, 4.69) is 15.6 Å². The number of halogens is 1. The molecule has 2 heterocycles. The van der Waals surface area contributed by atoms with E-state index in [0.717, 1.165) is 0 Å². The monoisotopic (exact) mass is 302 g/mol. The molecule has 7 heteroatoms. The summed E-state index contributed by atoms with van der Waals surface area (Å²) in [5, 5.41) is 5.43. The topological polar surface area (TPSA) is 76.0 Å². The Bertz CT molecular complexity index is 700. The molecule has 6 nitrogen and oxygen atoms in total. The number of amides is 2. The minimum atomic E-state index is -0.665. The molecule has 1 aromatic heterocycles. The zero-order chi connectivity index (χ0) is 15.5. The van der Waals surface area contributed by atoms with Gasteiger partial charge in [0.2, 0.25) is 11.8 Å². The van der Waals surface area contributed by atoms with Crippen molar-refractivity contribution in [3.05, 3.63) is 48.3 Å². The van der Waals surface area contributed by atoms with E-state index in [1.807, 2.05) is 4.57 Å². The Kier molecular flexibility index (Phi) is 3.86. The summed E-state index contributed by atoms with van der Waals surface area (Å²) in [6.45, 7) is 0.999. The molecule has 0 saturated carbocycles. The van der Waals surface area contributed by atoms with E-state index >= 15 is 0 Å². The average Bonchev–Trinajstić information content (AvgIpc) is 3.00. The van der Waals surface area contributed by atoms with Crippen molar-refractivity contribution in [1.82, 2.24) is 14.9 Å². The van der Waals surface area contributed by atoms with Crippen LogP contribution in [0.5, 0.6) is 0 Å². The summed E-state index contributed by atoms with van der Waals surface area (Å²) in [5.74, 6) is -1.61. The fraction of sp³-hybridized carbons (Fsp3) is 0.267. The molecule has 0 spiro atoms. The highest BCUT2D eigenvalue weighted by Gasteiger charge is 2.30. The molecule has 2 amide bonds. The van der Waals surface area contributed by atoms with Crippen LogP contribution in [0.3, 0.4) is 0 Å². The van der Waals surface area contributed by atoms with Crippen LogP contribution >= 0.6 is 0 Å². The van der Waals surface area contributed by atoms with Gasteiger partial charge >= 0.3 is 0 Å². The number of hydrogen-bond donors (Lipinski definition) is 2. The predicted octanol–water partition coefficient (Wildman–Crippen LogP) is 1.26. The molecule has 1 unspecified atom stereocenters. The molecule has 1 aromatic carbocycles. The third kappa shape index (κ3) is 2.98. The minimum Gasteiger partial charge on any atom is -0.354 e. The van der Waals surface area contributed by atoms with Gasteiger partial charge in [-0.05, 0) is 23.8 Å². The normalized spacial score (nSPS) is 16.8. The number of hydrogen-bond acceptors (Lipinski definition) is 3. The summed E-state index contributed by atoms with van der Waals surface area (Å²) < 4.78 is 15.2. The fourth-order valence-corrected chi connectivity index (χ4v) is 2.52. The van der Waals surface area contributed by atoms with Gasteiger partial charge in [-0.15, -0.1) is 0 Å². The van der Waals surface area contributed by atoms with Crippen molar-refractivity contribution in [3.63, 3.8) is 0 Å². The van der Waals surface area contributed by atoms with Crippen molar-refractivity contribution in [2.24, 2.45) is 0 Å². The van der Waals surface area contributed by atoms with Gasteiger partial charge in [0, 0.05) is 37.6 Å². The van der Waals surface area contributed by atoms with Gasteiger partial charge in [0.05, 0.1) is 12.2 Å². The molecule has 0 saturated heterocycles. The Hall–Kier alpha value is -2.70. The second-order valence-electron chi connectivity index (χ2n) is 5.13. The maximum Gasteiger partial charge on any atom is 0.228 e. The molecule has 3 rings (SSSR count). The highest BCUT2D eigenvalue weighted by atomic mass is 19.1. The predicted molar refractivity (Wildman–Crippen MR) is 77.6 cm³/mol. The molecule has 0 radical (unpaired) electrons. The second kappa shape index (κ2) is 5.97. The average molecular weight is 302 g/mol. The van der Waals surface area contributed by atoms with Gasteiger partial charge in [0.15, 0.2) is 0 Å². The summed E-state index contributed by atoms with van der Waals surface area (Å²) in [5.41, 5.74) is 1.01. The van der Waals surface area contributed by atoms with Crippen molar-refractivity contribution < 1.29 is 14.0 Å². The zero-order valence-electron chi connectivity index (χ0n) is 11.8. The molecular weight excluding hydrogens is 287 g/mol. The maximum atomic E-state index is 13.4. The largest absolute Gasteiger partial charge is 0.354 e. The van der Waals surface area contributed by atoms with Gasteiger partial charge in [-0.25, -0.2) is 9.37 Å². The van der Waals surface area contributed by atoms with Crippen LogP contribution in [0.15, 0.2) is 36.9 Å². The van der Waals surface area contributed by atoms with E-state index in [4.69, 9.17) is 0 Å². The van der Waals surface area contributed by atoms with Crippen LogP contribution in [-0.4, -0.2) is 27.9 Å². The number of nitrogens with zero attached hydrogens (tertiary/aromatic N) is 2. The molecular formula is C15H15FN4O2. The van der Waals surface area contributed by atoms with Gasteiger partial charge in [0.25, 0.3) is 0 Å². The summed E-state index contributed by atoms with van der Waals surface area (Å²) >= 11 is 0. The molecule has 0 fully saturated rings. The van der Waals surface area contributed by atoms with E-state index in [9.17, 15) is 14.0 Å². The number of anilines is 1. The molecule has 2 N–H and O–H groups in total. The summed E-state index contributed by atoms with van der Waals surface area (Å²) in [7, 11) is 0. The number of nitrogens with one attached hydrogen (secondary N) is 2. The Morgan fingerprint density at radius 1 is 1.50 bits per heavy atom. The first-order chi connectivity index (χ1) is 10.6. The third-order valence-electron chi connectivity index (χ3n) is 3.60. The Morgan fingerprint density at radius 3 is 3.14 bits per heavy atom. The number of fused-ring (bicyclic) bond motifs is 1. The van der Waals surface area contributed by atoms with Gasteiger partial charge in [-0.3, -0.25) is 9.59 Å².